The molecule has 1 aromatic carbocycles. The van der Waals surface area contributed by atoms with E-state index in [0.717, 1.165) is 41.5 Å². The maximum atomic E-state index is 12.4. The van der Waals surface area contributed by atoms with Crippen LogP contribution in [0.25, 0.3) is 0 Å². The number of hydrogen-bond donors (Lipinski definition) is 2. The Hall–Kier alpha value is -1.86. The number of ether oxygens (including phenoxy) is 1. The minimum Gasteiger partial charge on any atom is -0.492 e. The van der Waals surface area contributed by atoms with Crippen molar-refractivity contribution in [1.82, 2.24) is 0 Å². The first-order valence-electron chi connectivity index (χ1n) is 10.0. The first-order chi connectivity index (χ1) is 13.9. The van der Waals surface area contributed by atoms with E-state index >= 15 is 0 Å². The van der Waals surface area contributed by atoms with Crippen molar-refractivity contribution in [2.24, 2.45) is 11.7 Å². The third kappa shape index (κ3) is 5.39. The summed E-state index contributed by atoms with van der Waals surface area (Å²) in [4.78, 5) is 25.5. The molecular weight excluding hydrogens is 452 g/mol. The quantitative estimate of drug-likeness (QED) is 0.518. The van der Waals surface area contributed by atoms with Crippen LogP contribution >= 0.6 is 27.3 Å². The number of rotatable bonds is 8. The van der Waals surface area contributed by atoms with Gasteiger partial charge in [0.2, 0.25) is 5.91 Å². The molecule has 1 aliphatic carbocycles. The fourth-order valence-corrected chi connectivity index (χ4v) is 5.56. The highest BCUT2D eigenvalue weighted by Crippen LogP contribution is 2.39. The number of nitrogens with two attached hydrogens (primary N) is 1. The Labute approximate surface area is 184 Å². The summed E-state index contributed by atoms with van der Waals surface area (Å²) >= 11 is 5.01. The van der Waals surface area contributed by atoms with E-state index in [1.165, 1.54) is 21.8 Å². The monoisotopic (exact) mass is 478 g/mol. The van der Waals surface area contributed by atoms with Crippen LogP contribution in [0.2, 0.25) is 0 Å². The highest BCUT2D eigenvalue weighted by molar-refractivity contribution is 9.10. The number of carbonyl (C=O) groups excluding carboxylic acids is 2. The summed E-state index contributed by atoms with van der Waals surface area (Å²) in [6.45, 7) is 4.76. The SMILES string of the molecule is CCc1ccc(OCCCC(=O)Nc2sc3c(c2C(N)=O)CCC(C)C3)c(Br)c1. The normalized spacial score (nSPS) is 15.6. The second-order valence-electron chi connectivity index (χ2n) is 7.54. The van der Waals surface area contributed by atoms with Crippen molar-refractivity contribution in [1.29, 1.82) is 0 Å². The Morgan fingerprint density at radius 2 is 2.17 bits per heavy atom. The molecule has 156 valence electrons. The molecule has 1 heterocycles. The van der Waals surface area contributed by atoms with Gasteiger partial charge < -0.3 is 15.8 Å². The molecule has 0 bridgehead atoms. The number of hydrogen-bond acceptors (Lipinski definition) is 4. The zero-order valence-corrected chi connectivity index (χ0v) is 19.2. The molecule has 3 rings (SSSR count). The van der Waals surface area contributed by atoms with Crippen LogP contribution in [0.3, 0.4) is 0 Å². The maximum Gasteiger partial charge on any atom is 0.251 e. The topological polar surface area (TPSA) is 81.4 Å². The van der Waals surface area contributed by atoms with E-state index in [1.54, 1.807) is 0 Å². The van der Waals surface area contributed by atoms with E-state index in [9.17, 15) is 9.59 Å². The molecule has 1 aliphatic rings. The lowest BCUT2D eigenvalue weighted by Gasteiger charge is -2.18. The molecule has 2 amide bonds. The summed E-state index contributed by atoms with van der Waals surface area (Å²) in [7, 11) is 0. The molecule has 1 unspecified atom stereocenters. The number of anilines is 1. The summed E-state index contributed by atoms with van der Waals surface area (Å²) in [6.07, 6.45) is 4.71. The summed E-state index contributed by atoms with van der Waals surface area (Å²) < 4.78 is 6.70. The van der Waals surface area contributed by atoms with Gasteiger partial charge in [-0.25, -0.2) is 0 Å². The van der Waals surface area contributed by atoms with Crippen LogP contribution in [0.4, 0.5) is 5.00 Å². The lowest BCUT2D eigenvalue weighted by Crippen LogP contribution is -2.19. The minimum absolute atomic E-state index is 0.122. The molecule has 0 radical (unpaired) electrons. The van der Waals surface area contributed by atoms with E-state index in [4.69, 9.17) is 10.5 Å². The number of benzene rings is 1. The maximum absolute atomic E-state index is 12.4. The minimum atomic E-state index is -0.462. The highest BCUT2D eigenvalue weighted by Gasteiger charge is 2.27. The molecule has 2 aromatic rings. The molecule has 3 N–H and O–H groups in total. The van der Waals surface area contributed by atoms with Crippen LogP contribution in [0.1, 0.15) is 59.5 Å². The number of nitrogens with one attached hydrogen (secondary N) is 1. The Kier molecular flexibility index (Phi) is 7.35. The second kappa shape index (κ2) is 9.76. The summed E-state index contributed by atoms with van der Waals surface area (Å²) in [5, 5.41) is 3.50. The molecular formula is C22H27BrN2O3S. The molecule has 0 spiro atoms. The molecule has 0 saturated carbocycles. The van der Waals surface area contributed by atoms with Crippen molar-refractivity contribution < 1.29 is 14.3 Å². The number of primary amides is 1. The van der Waals surface area contributed by atoms with Gasteiger partial charge in [0.1, 0.15) is 10.8 Å². The zero-order chi connectivity index (χ0) is 21.0. The van der Waals surface area contributed by atoms with Gasteiger partial charge in [-0.3, -0.25) is 9.59 Å². The Bertz CT molecular complexity index is 910. The number of fused-ring (bicyclic) bond motifs is 1. The van der Waals surface area contributed by atoms with Crippen molar-refractivity contribution in [3.8, 4) is 5.75 Å². The van der Waals surface area contributed by atoms with Gasteiger partial charge in [-0.15, -0.1) is 11.3 Å². The number of carbonyl (C=O) groups is 2. The van der Waals surface area contributed by atoms with Crippen molar-refractivity contribution in [3.63, 3.8) is 0 Å². The lowest BCUT2D eigenvalue weighted by atomic mass is 9.88. The number of aryl methyl sites for hydroxylation is 1. The number of amides is 2. The number of halogens is 1. The van der Waals surface area contributed by atoms with E-state index in [0.29, 0.717) is 35.9 Å². The van der Waals surface area contributed by atoms with Gasteiger partial charge in [0.15, 0.2) is 0 Å². The molecule has 1 aromatic heterocycles. The molecule has 1 atom stereocenters. The molecule has 0 aliphatic heterocycles. The van der Waals surface area contributed by atoms with Crippen molar-refractivity contribution in [2.75, 3.05) is 11.9 Å². The summed E-state index contributed by atoms with van der Waals surface area (Å²) in [6, 6.07) is 6.03. The van der Waals surface area contributed by atoms with E-state index in [-0.39, 0.29) is 5.91 Å². The van der Waals surface area contributed by atoms with Gasteiger partial charge in [-0.1, -0.05) is 19.9 Å². The highest BCUT2D eigenvalue weighted by atomic mass is 79.9. The molecule has 5 nitrogen and oxygen atoms in total. The van der Waals surface area contributed by atoms with Crippen molar-refractivity contribution in [3.05, 3.63) is 44.2 Å². The molecule has 29 heavy (non-hydrogen) atoms. The van der Waals surface area contributed by atoms with E-state index in [1.807, 2.05) is 18.2 Å². The fourth-order valence-electron chi connectivity index (χ4n) is 3.58. The standard InChI is InChI=1S/C22H27BrN2O3S/c1-3-14-7-9-17(16(23)12-14)28-10-4-5-19(26)25-22-20(21(24)27)15-8-6-13(2)11-18(15)29-22/h7,9,12-13H,3-6,8,10-11H2,1-2H3,(H2,24,27)(H,25,26). The van der Waals surface area contributed by atoms with Crippen LogP contribution in [0.15, 0.2) is 22.7 Å². The third-order valence-electron chi connectivity index (χ3n) is 5.22. The average molecular weight is 479 g/mol. The Morgan fingerprint density at radius 1 is 1.38 bits per heavy atom. The van der Waals surface area contributed by atoms with Gasteiger partial charge in [0.05, 0.1) is 16.6 Å². The Morgan fingerprint density at radius 3 is 2.86 bits per heavy atom. The fraction of sp³-hybridized carbons (Fsp3) is 0.455. The third-order valence-corrected chi connectivity index (χ3v) is 7.01. The van der Waals surface area contributed by atoms with Crippen molar-refractivity contribution >= 4 is 44.1 Å². The second-order valence-corrected chi connectivity index (χ2v) is 9.50. The first kappa shape index (κ1) is 21.8. The van der Waals surface area contributed by atoms with Crippen LogP contribution in [0, 0.1) is 5.92 Å². The molecule has 7 heteroatoms. The first-order valence-corrected chi connectivity index (χ1v) is 11.6. The zero-order valence-electron chi connectivity index (χ0n) is 16.8. The van der Waals surface area contributed by atoms with E-state index < -0.39 is 5.91 Å². The van der Waals surface area contributed by atoms with Crippen LogP contribution in [-0.2, 0) is 24.1 Å². The predicted molar refractivity (Wildman–Crippen MR) is 121 cm³/mol. The summed E-state index contributed by atoms with van der Waals surface area (Å²) in [5.74, 6) is 0.783. The van der Waals surface area contributed by atoms with Gasteiger partial charge in [0.25, 0.3) is 5.91 Å². The van der Waals surface area contributed by atoms with Gasteiger partial charge in [0, 0.05) is 11.3 Å². The van der Waals surface area contributed by atoms with Gasteiger partial charge in [-0.05, 0) is 77.2 Å². The average Bonchev–Trinajstić information content (AvgIpc) is 3.02. The largest absolute Gasteiger partial charge is 0.492 e. The predicted octanol–water partition coefficient (Wildman–Crippen LogP) is 5.09. The smallest absolute Gasteiger partial charge is 0.251 e. The molecule has 0 fully saturated rings. The summed E-state index contributed by atoms with van der Waals surface area (Å²) in [5.41, 5.74) is 8.37. The van der Waals surface area contributed by atoms with Crippen molar-refractivity contribution in [2.45, 2.75) is 52.4 Å². The van der Waals surface area contributed by atoms with Gasteiger partial charge >= 0.3 is 0 Å². The van der Waals surface area contributed by atoms with Crippen LogP contribution in [-0.4, -0.2) is 18.4 Å². The van der Waals surface area contributed by atoms with Gasteiger partial charge in [-0.2, -0.15) is 0 Å². The lowest BCUT2D eigenvalue weighted by molar-refractivity contribution is -0.116. The Balaban J connectivity index is 1.54. The molecule has 0 saturated heterocycles. The van der Waals surface area contributed by atoms with Crippen LogP contribution < -0.4 is 15.8 Å². The van der Waals surface area contributed by atoms with E-state index in [2.05, 4.69) is 35.1 Å². The number of thiophene rings is 1. The van der Waals surface area contributed by atoms with Crippen LogP contribution in [0.5, 0.6) is 5.75 Å².